The highest BCUT2D eigenvalue weighted by Crippen LogP contribution is 2.33. The van der Waals surface area contributed by atoms with Crippen molar-refractivity contribution >= 4 is 11.6 Å². The Morgan fingerprint density at radius 1 is 1.50 bits per heavy atom. The van der Waals surface area contributed by atoms with Gasteiger partial charge < -0.3 is 16.0 Å². The molecule has 0 spiro atoms. The van der Waals surface area contributed by atoms with Crippen molar-refractivity contribution in [3.63, 3.8) is 0 Å². The molecule has 2 atom stereocenters. The van der Waals surface area contributed by atoms with E-state index in [4.69, 9.17) is 5.73 Å². The zero-order valence-corrected chi connectivity index (χ0v) is 11.0. The minimum Gasteiger partial charge on any atom is -0.368 e. The summed E-state index contributed by atoms with van der Waals surface area (Å²) in [4.78, 5) is 13.6. The highest BCUT2D eigenvalue weighted by molar-refractivity contribution is 5.83. The highest BCUT2D eigenvalue weighted by atomic mass is 16.1. The molecule has 1 aliphatic rings. The van der Waals surface area contributed by atoms with E-state index in [0.29, 0.717) is 6.04 Å². The largest absolute Gasteiger partial charge is 0.368 e. The standard InChI is InChI=1S/C14H21N3O/c1-10(14(15)18)17-9-5-7-12(16-2)11-6-3-4-8-13(11)17/h3-4,6,8,10,12,16H,5,7,9H2,1-2H3,(H2,15,18). The van der Waals surface area contributed by atoms with Crippen molar-refractivity contribution in [2.45, 2.75) is 31.8 Å². The van der Waals surface area contributed by atoms with Crippen molar-refractivity contribution in [1.29, 1.82) is 0 Å². The van der Waals surface area contributed by atoms with Gasteiger partial charge in [0.15, 0.2) is 0 Å². The second kappa shape index (κ2) is 5.40. The second-order valence-electron chi connectivity index (χ2n) is 4.81. The lowest BCUT2D eigenvalue weighted by atomic mass is 10.0. The van der Waals surface area contributed by atoms with Crippen molar-refractivity contribution in [2.24, 2.45) is 5.73 Å². The summed E-state index contributed by atoms with van der Waals surface area (Å²) in [7, 11) is 1.98. The average molecular weight is 247 g/mol. The molecule has 0 aromatic heterocycles. The van der Waals surface area contributed by atoms with Crippen LogP contribution in [-0.2, 0) is 4.79 Å². The van der Waals surface area contributed by atoms with E-state index in [9.17, 15) is 4.79 Å². The molecule has 0 fully saturated rings. The zero-order valence-electron chi connectivity index (χ0n) is 11.0. The lowest BCUT2D eigenvalue weighted by Gasteiger charge is -2.29. The normalized spacial score (nSPS) is 21.0. The van der Waals surface area contributed by atoms with Crippen LogP contribution in [0.2, 0.25) is 0 Å². The van der Waals surface area contributed by atoms with E-state index < -0.39 is 0 Å². The van der Waals surface area contributed by atoms with Crippen molar-refractivity contribution < 1.29 is 4.79 Å². The Bertz CT molecular complexity index is 433. The zero-order chi connectivity index (χ0) is 13.1. The molecule has 1 heterocycles. The first-order valence-electron chi connectivity index (χ1n) is 6.47. The summed E-state index contributed by atoms with van der Waals surface area (Å²) >= 11 is 0. The van der Waals surface area contributed by atoms with Gasteiger partial charge in [0.05, 0.1) is 0 Å². The van der Waals surface area contributed by atoms with E-state index in [2.05, 4.69) is 22.3 Å². The molecule has 0 aliphatic carbocycles. The monoisotopic (exact) mass is 247 g/mol. The molecule has 1 aromatic rings. The van der Waals surface area contributed by atoms with Crippen LogP contribution in [-0.4, -0.2) is 25.5 Å². The van der Waals surface area contributed by atoms with Gasteiger partial charge in [-0.1, -0.05) is 18.2 Å². The summed E-state index contributed by atoms with van der Waals surface area (Å²) in [5.41, 5.74) is 7.83. The first-order chi connectivity index (χ1) is 8.65. The van der Waals surface area contributed by atoms with Crippen LogP contribution in [0.4, 0.5) is 5.69 Å². The molecule has 98 valence electrons. The first kappa shape index (κ1) is 12.9. The quantitative estimate of drug-likeness (QED) is 0.849. The molecular formula is C14H21N3O. The molecule has 2 unspecified atom stereocenters. The van der Waals surface area contributed by atoms with Gasteiger partial charge in [-0.2, -0.15) is 0 Å². The van der Waals surface area contributed by atoms with Crippen LogP contribution in [0.3, 0.4) is 0 Å². The third-order valence-electron chi connectivity index (χ3n) is 3.74. The Kier molecular flexibility index (Phi) is 3.87. The van der Waals surface area contributed by atoms with Crippen LogP contribution in [0, 0.1) is 0 Å². The lowest BCUT2D eigenvalue weighted by Crippen LogP contribution is -2.43. The number of amides is 1. The lowest BCUT2D eigenvalue weighted by molar-refractivity contribution is -0.118. The fraction of sp³-hybridized carbons (Fsp3) is 0.500. The summed E-state index contributed by atoms with van der Waals surface area (Å²) in [6.45, 7) is 2.75. The molecule has 0 saturated carbocycles. The molecule has 1 aromatic carbocycles. The fourth-order valence-electron chi connectivity index (χ4n) is 2.64. The molecule has 18 heavy (non-hydrogen) atoms. The maximum Gasteiger partial charge on any atom is 0.239 e. The molecule has 4 nitrogen and oxygen atoms in total. The number of para-hydroxylation sites is 1. The first-order valence-corrected chi connectivity index (χ1v) is 6.47. The Hall–Kier alpha value is -1.55. The summed E-state index contributed by atoms with van der Waals surface area (Å²) in [6, 6.07) is 8.35. The van der Waals surface area contributed by atoms with Gasteiger partial charge in [-0.3, -0.25) is 4.79 Å². The SMILES string of the molecule is CNC1CCCN(C(C)C(N)=O)c2ccccc21. The number of benzene rings is 1. The number of hydrogen-bond donors (Lipinski definition) is 2. The van der Waals surface area contributed by atoms with Gasteiger partial charge in [0.25, 0.3) is 0 Å². The molecule has 1 amide bonds. The van der Waals surface area contributed by atoms with Crippen LogP contribution < -0.4 is 16.0 Å². The number of fused-ring (bicyclic) bond motifs is 1. The van der Waals surface area contributed by atoms with Gasteiger partial charge in [0, 0.05) is 18.3 Å². The smallest absolute Gasteiger partial charge is 0.239 e. The maximum atomic E-state index is 11.4. The molecule has 1 aliphatic heterocycles. The molecule has 0 radical (unpaired) electrons. The van der Waals surface area contributed by atoms with Crippen LogP contribution in [0.25, 0.3) is 0 Å². The second-order valence-corrected chi connectivity index (χ2v) is 4.81. The van der Waals surface area contributed by atoms with Crippen LogP contribution in [0.5, 0.6) is 0 Å². The average Bonchev–Trinajstić information content (AvgIpc) is 2.56. The molecule has 2 rings (SSSR count). The number of nitrogens with one attached hydrogen (secondary N) is 1. The minimum absolute atomic E-state index is 0.262. The number of primary amides is 1. The third-order valence-corrected chi connectivity index (χ3v) is 3.74. The van der Waals surface area contributed by atoms with Crippen molar-refractivity contribution in [1.82, 2.24) is 5.32 Å². The predicted molar refractivity (Wildman–Crippen MR) is 73.5 cm³/mol. The number of carbonyl (C=O) groups is 1. The number of hydrogen-bond acceptors (Lipinski definition) is 3. The Morgan fingerprint density at radius 2 is 2.22 bits per heavy atom. The molecule has 0 bridgehead atoms. The van der Waals surface area contributed by atoms with Gasteiger partial charge in [-0.15, -0.1) is 0 Å². The Labute approximate surface area is 108 Å². The van der Waals surface area contributed by atoms with Gasteiger partial charge in [0.2, 0.25) is 5.91 Å². The summed E-state index contributed by atoms with van der Waals surface area (Å²) in [5, 5.41) is 3.35. The maximum absolute atomic E-state index is 11.4. The van der Waals surface area contributed by atoms with E-state index in [0.717, 1.165) is 25.1 Å². The third kappa shape index (κ3) is 2.34. The van der Waals surface area contributed by atoms with E-state index in [1.54, 1.807) is 0 Å². The molecule has 0 saturated heterocycles. The van der Waals surface area contributed by atoms with E-state index in [1.165, 1.54) is 5.56 Å². The minimum atomic E-state index is -0.271. The van der Waals surface area contributed by atoms with Crippen LogP contribution >= 0.6 is 0 Å². The van der Waals surface area contributed by atoms with Gasteiger partial charge in [-0.05, 0) is 38.4 Å². The summed E-state index contributed by atoms with van der Waals surface area (Å²) < 4.78 is 0. The summed E-state index contributed by atoms with van der Waals surface area (Å²) in [5.74, 6) is -0.271. The number of nitrogens with zero attached hydrogens (tertiary/aromatic N) is 1. The topological polar surface area (TPSA) is 58.4 Å². The van der Waals surface area contributed by atoms with Crippen LogP contribution in [0.1, 0.15) is 31.4 Å². The molecule has 4 heteroatoms. The van der Waals surface area contributed by atoms with Gasteiger partial charge in [0.1, 0.15) is 6.04 Å². The fourth-order valence-corrected chi connectivity index (χ4v) is 2.64. The van der Waals surface area contributed by atoms with E-state index in [1.807, 2.05) is 26.1 Å². The van der Waals surface area contributed by atoms with Crippen molar-refractivity contribution in [3.8, 4) is 0 Å². The number of carbonyl (C=O) groups excluding carboxylic acids is 1. The van der Waals surface area contributed by atoms with Gasteiger partial charge in [-0.25, -0.2) is 0 Å². The Morgan fingerprint density at radius 3 is 2.89 bits per heavy atom. The van der Waals surface area contributed by atoms with Gasteiger partial charge >= 0.3 is 0 Å². The predicted octanol–water partition coefficient (Wildman–Crippen LogP) is 1.42. The number of rotatable bonds is 3. The van der Waals surface area contributed by atoms with E-state index in [-0.39, 0.29) is 11.9 Å². The molecule has 3 N–H and O–H groups in total. The van der Waals surface area contributed by atoms with E-state index >= 15 is 0 Å². The van der Waals surface area contributed by atoms with Crippen LogP contribution in [0.15, 0.2) is 24.3 Å². The Balaban J connectivity index is 2.41. The molecular weight excluding hydrogens is 226 g/mol. The number of anilines is 1. The highest BCUT2D eigenvalue weighted by Gasteiger charge is 2.26. The summed E-state index contributed by atoms with van der Waals surface area (Å²) in [6.07, 6.45) is 2.13. The number of nitrogens with two attached hydrogens (primary N) is 1. The van der Waals surface area contributed by atoms with Crippen molar-refractivity contribution in [3.05, 3.63) is 29.8 Å². The van der Waals surface area contributed by atoms with Crippen molar-refractivity contribution in [2.75, 3.05) is 18.5 Å².